The maximum absolute atomic E-state index is 13.2. The molecule has 0 radical (unpaired) electrons. The molecule has 1 aromatic heterocycles. The van der Waals surface area contributed by atoms with E-state index in [9.17, 15) is 18.0 Å². The highest BCUT2D eigenvalue weighted by atomic mass is 79.9. The number of esters is 1. The minimum atomic E-state index is -2.89. The van der Waals surface area contributed by atoms with Gasteiger partial charge in [-0.2, -0.15) is 0 Å². The summed E-state index contributed by atoms with van der Waals surface area (Å²) < 4.78 is 42.0. The second kappa shape index (κ2) is 5.29. The van der Waals surface area contributed by atoms with E-state index in [1.54, 1.807) is 0 Å². The standard InChI is InChI=1S/C9H7BrF3NO2/c1-16-7(15)3-5-8(10)4(11)2-6(14-5)9(12)13/h2,9H,3H2,1H3. The number of carbonyl (C=O) groups excluding carboxylic acids is 1. The molecule has 0 atom stereocenters. The van der Waals surface area contributed by atoms with E-state index < -0.39 is 23.9 Å². The normalized spacial score (nSPS) is 10.6. The summed E-state index contributed by atoms with van der Waals surface area (Å²) in [5.74, 6) is -1.57. The Morgan fingerprint density at radius 3 is 2.75 bits per heavy atom. The molecule has 88 valence electrons. The van der Waals surface area contributed by atoms with Gasteiger partial charge in [-0.05, 0) is 15.9 Å². The molecule has 0 bridgehead atoms. The van der Waals surface area contributed by atoms with Crippen LogP contribution >= 0.6 is 15.9 Å². The predicted octanol–water partition coefficient (Wildman–Crippen LogP) is 2.64. The number of aromatic nitrogens is 1. The third-order valence-corrected chi connectivity index (χ3v) is 2.60. The SMILES string of the molecule is COC(=O)Cc1nc(C(F)F)cc(F)c1Br. The van der Waals surface area contributed by atoms with E-state index in [4.69, 9.17) is 0 Å². The van der Waals surface area contributed by atoms with E-state index in [1.165, 1.54) is 0 Å². The van der Waals surface area contributed by atoms with Gasteiger partial charge in [0.1, 0.15) is 11.5 Å². The van der Waals surface area contributed by atoms with E-state index in [0.717, 1.165) is 7.11 Å². The van der Waals surface area contributed by atoms with E-state index in [2.05, 4.69) is 25.7 Å². The van der Waals surface area contributed by atoms with Gasteiger partial charge in [-0.15, -0.1) is 0 Å². The summed E-state index contributed by atoms with van der Waals surface area (Å²) in [6, 6.07) is 0.621. The van der Waals surface area contributed by atoms with Gasteiger partial charge >= 0.3 is 5.97 Å². The maximum Gasteiger partial charge on any atom is 0.311 e. The van der Waals surface area contributed by atoms with Gasteiger partial charge in [0.05, 0.1) is 23.7 Å². The minimum Gasteiger partial charge on any atom is -0.469 e. The second-order valence-corrected chi connectivity index (χ2v) is 3.64. The Bertz CT molecular complexity index is 412. The molecule has 1 aromatic rings. The summed E-state index contributed by atoms with van der Waals surface area (Å²) in [5.41, 5.74) is -0.818. The molecule has 0 N–H and O–H groups in total. The van der Waals surface area contributed by atoms with Crippen LogP contribution in [-0.4, -0.2) is 18.1 Å². The third-order valence-electron chi connectivity index (χ3n) is 1.76. The van der Waals surface area contributed by atoms with Crippen molar-refractivity contribution in [1.29, 1.82) is 0 Å². The average Bonchev–Trinajstić information content (AvgIpc) is 2.23. The number of methoxy groups -OCH3 is 1. The van der Waals surface area contributed by atoms with E-state index in [0.29, 0.717) is 6.07 Å². The molecule has 1 rings (SSSR count). The minimum absolute atomic E-state index is 0.109. The van der Waals surface area contributed by atoms with Crippen molar-refractivity contribution < 1.29 is 22.7 Å². The molecule has 7 heteroatoms. The number of halogens is 4. The topological polar surface area (TPSA) is 39.2 Å². The van der Waals surface area contributed by atoms with Crippen LogP contribution in [-0.2, 0) is 16.0 Å². The van der Waals surface area contributed by atoms with Crippen LogP contribution in [0.15, 0.2) is 10.5 Å². The molecule has 1 heterocycles. The van der Waals surface area contributed by atoms with Crippen LogP contribution in [0.4, 0.5) is 13.2 Å². The van der Waals surface area contributed by atoms with E-state index >= 15 is 0 Å². The molecule has 0 aromatic carbocycles. The predicted molar refractivity (Wildman–Crippen MR) is 52.6 cm³/mol. The number of alkyl halides is 2. The monoisotopic (exact) mass is 297 g/mol. The number of carbonyl (C=O) groups is 1. The van der Waals surface area contributed by atoms with Gasteiger partial charge in [-0.3, -0.25) is 4.79 Å². The molecule has 0 spiro atoms. The molecular formula is C9H7BrF3NO2. The lowest BCUT2D eigenvalue weighted by Gasteiger charge is -2.06. The fourth-order valence-electron chi connectivity index (χ4n) is 1.01. The van der Waals surface area contributed by atoms with Crippen LogP contribution in [0, 0.1) is 5.82 Å². The number of ether oxygens (including phenoxy) is 1. The quantitative estimate of drug-likeness (QED) is 0.805. The molecule has 0 saturated carbocycles. The zero-order valence-electron chi connectivity index (χ0n) is 8.14. The Hall–Kier alpha value is -1.11. The molecule has 3 nitrogen and oxygen atoms in total. The van der Waals surface area contributed by atoms with Gasteiger partial charge in [-0.25, -0.2) is 18.2 Å². The van der Waals surface area contributed by atoms with Crippen LogP contribution in [0.3, 0.4) is 0 Å². The number of nitrogens with zero attached hydrogens (tertiary/aromatic N) is 1. The Morgan fingerprint density at radius 2 is 2.25 bits per heavy atom. The Balaban J connectivity index is 3.11. The van der Waals surface area contributed by atoms with Crippen molar-refractivity contribution in [3.05, 3.63) is 27.7 Å². The van der Waals surface area contributed by atoms with Gasteiger partial charge < -0.3 is 4.74 Å². The molecule has 0 amide bonds. The first-order valence-electron chi connectivity index (χ1n) is 4.15. The average molecular weight is 298 g/mol. The molecule has 0 saturated heterocycles. The van der Waals surface area contributed by atoms with Gasteiger partial charge in [0, 0.05) is 6.07 Å². The Kier molecular flexibility index (Phi) is 4.28. The van der Waals surface area contributed by atoms with Crippen LogP contribution in [0.2, 0.25) is 0 Å². The molecule has 0 aliphatic carbocycles. The van der Waals surface area contributed by atoms with Crippen molar-refractivity contribution in [2.24, 2.45) is 0 Å². The van der Waals surface area contributed by atoms with Gasteiger partial charge in [0.2, 0.25) is 0 Å². The Morgan fingerprint density at radius 1 is 1.62 bits per heavy atom. The summed E-state index contributed by atoms with van der Waals surface area (Å²) in [6.07, 6.45) is -3.26. The van der Waals surface area contributed by atoms with Gasteiger partial charge in [-0.1, -0.05) is 0 Å². The summed E-state index contributed by atoms with van der Waals surface area (Å²) >= 11 is 2.83. The fraction of sp³-hybridized carbons (Fsp3) is 0.333. The number of pyridine rings is 1. The first kappa shape index (κ1) is 13.0. The van der Waals surface area contributed by atoms with Crippen LogP contribution in [0.1, 0.15) is 17.8 Å². The number of hydrogen-bond acceptors (Lipinski definition) is 3. The summed E-state index contributed by atoms with van der Waals surface area (Å²) in [7, 11) is 1.14. The van der Waals surface area contributed by atoms with Gasteiger partial charge in [0.25, 0.3) is 6.43 Å². The molecule has 0 aliphatic heterocycles. The lowest BCUT2D eigenvalue weighted by atomic mass is 10.2. The molecular weight excluding hydrogens is 291 g/mol. The number of hydrogen-bond donors (Lipinski definition) is 0. The van der Waals surface area contributed by atoms with Crippen LogP contribution in [0.5, 0.6) is 0 Å². The second-order valence-electron chi connectivity index (χ2n) is 2.84. The first-order valence-corrected chi connectivity index (χ1v) is 4.94. The van der Waals surface area contributed by atoms with Crippen molar-refractivity contribution >= 4 is 21.9 Å². The largest absolute Gasteiger partial charge is 0.469 e. The molecule has 0 aliphatic rings. The van der Waals surface area contributed by atoms with E-state index in [-0.39, 0.29) is 16.6 Å². The summed E-state index contributed by atoms with van der Waals surface area (Å²) in [4.78, 5) is 14.4. The molecule has 0 fully saturated rings. The highest BCUT2D eigenvalue weighted by molar-refractivity contribution is 9.10. The van der Waals surface area contributed by atoms with Crippen LogP contribution < -0.4 is 0 Å². The van der Waals surface area contributed by atoms with Crippen molar-refractivity contribution in [3.8, 4) is 0 Å². The van der Waals surface area contributed by atoms with Gasteiger partial charge in [0.15, 0.2) is 0 Å². The molecule has 16 heavy (non-hydrogen) atoms. The number of rotatable bonds is 3. The summed E-state index contributed by atoms with van der Waals surface area (Å²) in [6.45, 7) is 0. The van der Waals surface area contributed by atoms with Crippen molar-refractivity contribution in [3.63, 3.8) is 0 Å². The lowest BCUT2D eigenvalue weighted by Crippen LogP contribution is -2.09. The van der Waals surface area contributed by atoms with Crippen LogP contribution in [0.25, 0.3) is 0 Å². The smallest absolute Gasteiger partial charge is 0.311 e. The molecule has 0 unspecified atom stereocenters. The van der Waals surface area contributed by atoms with Crippen molar-refractivity contribution in [2.75, 3.05) is 7.11 Å². The Labute approximate surface area is 97.8 Å². The summed E-state index contributed by atoms with van der Waals surface area (Å²) in [5, 5.41) is 0. The van der Waals surface area contributed by atoms with E-state index in [1.807, 2.05) is 0 Å². The zero-order chi connectivity index (χ0) is 12.3. The van der Waals surface area contributed by atoms with Crippen molar-refractivity contribution in [2.45, 2.75) is 12.8 Å². The third kappa shape index (κ3) is 2.94. The highest BCUT2D eigenvalue weighted by Gasteiger charge is 2.18. The zero-order valence-corrected chi connectivity index (χ0v) is 9.72. The van der Waals surface area contributed by atoms with Crippen molar-refractivity contribution in [1.82, 2.24) is 4.98 Å². The maximum atomic E-state index is 13.2. The lowest BCUT2D eigenvalue weighted by molar-refractivity contribution is -0.139. The first-order chi connectivity index (χ1) is 7.45. The highest BCUT2D eigenvalue weighted by Crippen LogP contribution is 2.25. The fourth-order valence-corrected chi connectivity index (χ4v) is 1.35.